The third kappa shape index (κ3) is 6.37. The van der Waals surface area contributed by atoms with Gasteiger partial charge in [-0.1, -0.05) is 17.8 Å². The molecule has 2 aromatic rings. The Bertz CT molecular complexity index is 977. The minimum Gasteiger partial charge on any atom is -0.450 e. The molecule has 8 nitrogen and oxygen atoms in total. The van der Waals surface area contributed by atoms with E-state index in [2.05, 4.69) is 20.4 Å². The van der Waals surface area contributed by atoms with Crippen LogP contribution in [-0.2, 0) is 9.53 Å². The van der Waals surface area contributed by atoms with Gasteiger partial charge in [0.2, 0.25) is 5.91 Å². The Hall–Kier alpha value is -2.88. The van der Waals surface area contributed by atoms with Gasteiger partial charge in [-0.3, -0.25) is 4.79 Å². The number of halogens is 1. The van der Waals surface area contributed by atoms with E-state index in [0.717, 1.165) is 49.5 Å². The van der Waals surface area contributed by atoms with Gasteiger partial charge in [-0.25, -0.2) is 9.18 Å². The average molecular weight is 488 g/mol. The molecule has 0 atom stereocenters. The number of nitrogens with one attached hydrogen (secondary N) is 1. The van der Waals surface area contributed by atoms with E-state index in [9.17, 15) is 14.0 Å². The van der Waals surface area contributed by atoms with Crippen LogP contribution >= 0.6 is 11.8 Å². The first-order chi connectivity index (χ1) is 16.5. The predicted molar refractivity (Wildman–Crippen MR) is 127 cm³/mol. The van der Waals surface area contributed by atoms with Gasteiger partial charge >= 0.3 is 6.09 Å². The van der Waals surface area contributed by atoms with E-state index in [0.29, 0.717) is 24.7 Å². The summed E-state index contributed by atoms with van der Waals surface area (Å²) < 4.78 is 18.4. The summed E-state index contributed by atoms with van der Waals surface area (Å²) in [5.74, 6) is 0.592. The first-order valence-electron chi connectivity index (χ1n) is 11.8. The highest BCUT2D eigenvalue weighted by molar-refractivity contribution is 7.99. The molecule has 2 aliphatic rings. The molecule has 3 heterocycles. The van der Waals surface area contributed by atoms with E-state index >= 15 is 0 Å². The first kappa shape index (κ1) is 24.3. The van der Waals surface area contributed by atoms with E-state index in [1.807, 2.05) is 18.2 Å². The molecule has 34 heavy (non-hydrogen) atoms. The second kappa shape index (κ2) is 11.5. The molecule has 1 aromatic heterocycles. The number of nitrogens with zero attached hydrogens (tertiary/aromatic N) is 4. The van der Waals surface area contributed by atoms with E-state index in [1.165, 1.54) is 23.9 Å². The van der Waals surface area contributed by atoms with Crippen LogP contribution in [0.4, 0.5) is 15.0 Å². The van der Waals surface area contributed by atoms with Crippen LogP contribution in [0.15, 0.2) is 46.3 Å². The van der Waals surface area contributed by atoms with Gasteiger partial charge in [-0.2, -0.15) is 0 Å². The third-order valence-corrected chi connectivity index (χ3v) is 7.12. The zero-order chi connectivity index (χ0) is 23.9. The van der Waals surface area contributed by atoms with E-state index < -0.39 is 0 Å². The summed E-state index contributed by atoms with van der Waals surface area (Å²) in [4.78, 5) is 29.2. The summed E-state index contributed by atoms with van der Waals surface area (Å²) in [6.45, 7) is 4.86. The highest BCUT2D eigenvalue weighted by atomic mass is 32.2. The molecule has 0 radical (unpaired) electrons. The van der Waals surface area contributed by atoms with E-state index in [1.54, 1.807) is 17.9 Å². The van der Waals surface area contributed by atoms with Gasteiger partial charge in [-0.05, 0) is 62.9 Å². The highest BCUT2D eigenvalue weighted by Gasteiger charge is 2.29. The van der Waals surface area contributed by atoms with Crippen molar-refractivity contribution in [2.24, 2.45) is 5.92 Å². The summed E-state index contributed by atoms with van der Waals surface area (Å²) in [6, 6.07) is 10.3. The molecule has 1 aromatic carbocycles. The number of piperidine rings is 2. The van der Waals surface area contributed by atoms with Crippen LogP contribution in [-0.4, -0.2) is 65.9 Å². The Labute approximate surface area is 203 Å². The molecular formula is C24H30FN5O3S. The molecule has 2 fully saturated rings. The normalized spacial score (nSPS) is 17.5. The van der Waals surface area contributed by atoms with Gasteiger partial charge in [0.25, 0.3) is 0 Å². The number of carbonyl (C=O) groups excluding carboxylic acids is 2. The fourth-order valence-corrected chi connectivity index (χ4v) is 5.08. The molecule has 0 unspecified atom stereocenters. The lowest BCUT2D eigenvalue weighted by molar-refractivity contribution is -0.126. The van der Waals surface area contributed by atoms with Crippen molar-refractivity contribution in [2.75, 3.05) is 37.7 Å². The molecule has 182 valence electrons. The van der Waals surface area contributed by atoms with Crippen molar-refractivity contribution >= 4 is 29.6 Å². The minimum atomic E-state index is -0.275. The molecule has 10 heteroatoms. The molecule has 2 saturated heterocycles. The monoisotopic (exact) mass is 487 g/mol. The van der Waals surface area contributed by atoms with Gasteiger partial charge in [0, 0.05) is 43.0 Å². The van der Waals surface area contributed by atoms with Crippen molar-refractivity contribution in [2.45, 2.75) is 48.6 Å². The topological polar surface area (TPSA) is 87.7 Å². The smallest absolute Gasteiger partial charge is 0.409 e. The molecule has 2 aliphatic heterocycles. The Morgan fingerprint density at radius 2 is 1.85 bits per heavy atom. The molecule has 0 aliphatic carbocycles. The van der Waals surface area contributed by atoms with E-state index in [-0.39, 0.29) is 29.8 Å². The van der Waals surface area contributed by atoms with Gasteiger partial charge in [-0.15, -0.1) is 10.2 Å². The van der Waals surface area contributed by atoms with Crippen LogP contribution < -0.4 is 10.2 Å². The molecular weight excluding hydrogens is 457 g/mol. The lowest BCUT2D eigenvalue weighted by atomic mass is 9.94. The average Bonchev–Trinajstić information content (AvgIpc) is 2.85. The predicted octanol–water partition coefficient (Wildman–Crippen LogP) is 3.72. The molecule has 1 N–H and O–H groups in total. The second-order valence-electron chi connectivity index (χ2n) is 8.52. The lowest BCUT2D eigenvalue weighted by Gasteiger charge is -2.35. The Morgan fingerprint density at radius 1 is 1.09 bits per heavy atom. The number of carbonyl (C=O) groups is 2. The SMILES string of the molecule is CCOC(=O)N1CCC(NC(=O)C2CCN(c3ccc(Sc4cccc(F)c4)nn3)CC2)CC1. The second-order valence-corrected chi connectivity index (χ2v) is 9.61. The fraction of sp³-hybridized carbons (Fsp3) is 0.500. The maximum Gasteiger partial charge on any atom is 0.409 e. The van der Waals surface area contributed by atoms with Gasteiger partial charge < -0.3 is 19.9 Å². The molecule has 2 amide bonds. The Morgan fingerprint density at radius 3 is 2.50 bits per heavy atom. The molecule has 0 spiro atoms. The van der Waals surface area contributed by atoms with Crippen LogP contribution in [0.2, 0.25) is 0 Å². The van der Waals surface area contributed by atoms with Gasteiger partial charge in [0.15, 0.2) is 5.82 Å². The summed E-state index contributed by atoms with van der Waals surface area (Å²) >= 11 is 1.37. The van der Waals surface area contributed by atoms with Crippen molar-refractivity contribution in [3.63, 3.8) is 0 Å². The zero-order valence-corrected chi connectivity index (χ0v) is 20.1. The van der Waals surface area contributed by atoms with Gasteiger partial charge in [0.1, 0.15) is 10.8 Å². The van der Waals surface area contributed by atoms with Crippen LogP contribution in [0.1, 0.15) is 32.6 Å². The fourth-order valence-electron chi connectivity index (χ4n) is 4.30. The van der Waals surface area contributed by atoms with Crippen molar-refractivity contribution in [1.29, 1.82) is 0 Å². The number of ether oxygens (including phenoxy) is 1. The number of amides is 2. The van der Waals surface area contributed by atoms with Crippen molar-refractivity contribution in [3.8, 4) is 0 Å². The van der Waals surface area contributed by atoms with Crippen LogP contribution in [0.3, 0.4) is 0 Å². The van der Waals surface area contributed by atoms with Crippen LogP contribution in [0.5, 0.6) is 0 Å². The third-order valence-electron chi connectivity index (χ3n) is 6.20. The summed E-state index contributed by atoms with van der Waals surface area (Å²) in [5.41, 5.74) is 0. The number of aromatic nitrogens is 2. The number of hydrogen-bond donors (Lipinski definition) is 1. The maximum absolute atomic E-state index is 13.4. The highest BCUT2D eigenvalue weighted by Crippen LogP contribution is 2.28. The molecule has 0 bridgehead atoms. The Balaban J connectivity index is 1.21. The largest absolute Gasteiger partial charge is 0.450 e. The molecule has 4 rings (SSSR count). The van der Waals surface area contributed by atoms with Crippen LogP contribution in [0, 0.1) is 11.7 Å². The number of likely N-dealkylation sites (tertiary alicyclic amines) is 1. The first-order valence-corrected chi connectivity index (χ1v) is 12.6. The molecule has 0 saturated carbocycles. The Kier molecular flexibility index (Phi) is 8.21. The maximum atomic E-state index is 13.4. The van der Waals surface area contributed by atoms with Crippen molar-refractivity contribution in [3.05, 3.63) is 42.2 Å². The van der Waals surface area contributed by atoms with Gasteiger partial charge in [0.05, 0.1) is 6.61 Å². The zero-order valence-electron chi connectivity index (χ0n) is 19.3. The van der Waals surface area contributed by atoms with E-state index in [4.69, 9.17) is 4.74 Å². The standard InChI is InChI=1S/C24H30FN5O3S/c1-2-33-24(32)30-14-10-19(11-15-30)26-23(31)17-8-12-29(13-9-17)21-6-7-22(28-27-21)34-20-5-3-4-18(25)16-20/h3-7,16-17,19H,2,8-15H2,1H3,(H,26,31). The quantitative estimate of drug-likeness (QED) is 0.664. The van der Waals surface area contributed by atoms with Crippen LogP contribution in [0.25, 0.3) is 0 Å². The lowest BCUT2D eigenvalue weighted by Crippen LogP contribution is -2.49. The summed E-state index contributed by atoms with van der Waals surface area (Å²) in [5, 5.41) is 12.5. The minimum absolute atomic E-state index is 0.0184. The number of hydrogen-bond acceptors (Lipinski definition) is 7. The number of benzene rings is 1. The van der Waals surface area contributed by atoms with Crippen molar-refractivity contribution < 1.29 is 18.7 Å². The number of anilines is 1. The number of rotatable bonds is 6. The van der Waals surface area contributed by atoms with Crippen molar-refractivity contribution in [1.82, 2.24) is 20.4 Å². The summed E-state index contributed by atoms with van der Waals surface area (Å²) in [7, 11) is 0. The summed E-state index contributed by atoms with van der Waals surface area (Å²) in [6.07, 6.45) is 2.74.